The molecule has 0 aliphatic rings. The Morgan fingerprint density at radius 3 is 1.44 bits per heavy atom. The molecule has 0 saturated heterocycles. The summed E-state index contributed by atoms with van der Waals surface area (Å²) in [4.78, 5) is 11.8. The second-order valence-electron chi connectivity index (χ2n) is 2.40. The fourth-order valence-electron chi connectivity index (χ4n) is 0. The molecule has 2 nitrogen and oxygen atoms in total. The van der Waals surface area contributed by atoms with Crippen LogP contribution in [0.1, 0.15) is 20.3 Å². The van der Waals surface area contributed by atoms with Crippen LogP contribution in [0.3, 0.4) is 0 Å². The number of hydrogen-bond acceptors (Lipinski definition) is 2. The predicted molar refractivity (Wildman–Crippen MR) is 40.6 cm³/mol. The zero-order valence-electron chi connectivity index (χ0n) is 7.06. The van der Waals surface area contributed by atoms with Crippen LogP contribution in [0.15, 0.2) is 0 Å². The standard InChI is InChI=1S/C4H8O.C3H9N/c1-3-4(2)5;1-4(2)3/h3H2,1-2H3;1-3H3. The molecule has 0 aromatic carbocycles. The van der Waals surface area contributed by atoms with E-state index in [1.54, 1.807) is 6.92 Å². The Balaban J connectivity index is 0. The molecule has 0 fully saturated rings. The van der Waals surface area contributed by atoms with Gasteiger partial charge in [-0.2, -0.15) is 0 Å². The first-order valence-corrected chi connectivity index (χ1v) is 3.11. The topological polar surface area (TPSA) is 20.3 Å². The third-order valence-corrected chi connectivity index (χ3v) is 0.498. The van der Waals surface area contributed by atoms with Crippen LogP contribution in [-0.2, 0) is 4.79 Å². The molecule has 0 N–H and O–H groups in total. The van der Waals surface area contributed by atoms with Crippen molar-refractivity contribution in [2.75, 3.05) is 21.1 Å². The van der Waals surface area contributed by atoms with E-state index in [1.807, 2.05) is 33.0 Å². The van der Waals surface area contributed by atoms with Gasteiger partial charge >= 0.3 is 0 Å². The molecule has 0 spiro atoms. The molecule has 0 atom stereocenters. The van der Waals surface area contributed by atoms with Crippen molar-refractivity contribution in [3.05, 3.63) is 0 Å². The molecule has 2 heteroatoms. The number of rotatable bonds is 1. The molecule has 0 aliphatic carbocycles. The Labute approximate surface area is 57.9 Å². The SMILES string of the molecule is CCC(C)=O.CN(C)C. The molecule has 0 aliphatic heterocycles. The molecule has 0 radical (unpaired) electrons. The van der Waals surface area contributed by atoms with E-state index in [4.69, 9.17) is 0 Å². The van der Waals surface area contributed by atoms with Crippen LogP contribution in [0.25, 0.3) is 0 Å². The number of Topliss-reactive ketones (excluding diaryl/α,β-unsaturated/α-hetero) is 1. The molecular weight excluding hydrogens is 114 g/mol. The van der Waals surface area contributed by atoms with Crippen LogP contribution in [-0.4, -0.2) is 31.8 Å². The molecule has 0 aromatic heterocycles. The van der Waals surface area contributed by atoms with Crippen molar-refractivity contribution in [1.29, 1.82) is 0 Å². The Morgan fingerprint density at radius 1 is 1.33 bits per heavy atom. The summed E-state index contributed by atoms with van der Waals surface area (Å²) in [6.45, 7) is 3.43. The van der Waals surface area contributed by atoms with Gasteiger partial charge in [-0.15, -0.1) is 0 Å². The minimum atomic E-state index is 0.255. The summed E-state index contributed by atoms with van der Waals surface area (Å²) in [5.41, 5.74) is 0. The monoisotopic (exact) mass is 131 g/mol. The van der Waals surface area contributed by atoms with E-state index in [0.717, 1.165) is 0 Å². The lowest BCUT2D eigenvalue weighted by Crippen LogP contribution is -1.99. The highest BCUT2D eigenvalue weighted by Gasteiger charge is 1.76. The van der Waals surface area contributed by atoms with Gasteiger partial charge < -0.3 is 9.69 Å². The van der Waals surface area contributed by atoms with Gasteiger partial charge in [0.05, 0.1) is 0 Å². The lowest BCUT2D eigenvalue weighted by atomic mass is 10.4. The summed E-state index contributed by atoms with van der Waals surface area (Å²) in [5.74, 6) is 0.255. The van der Waals surface area contributed by atoms with E-state index in [2.05, 4.69) is 0 Å². The Hall–Kier alpha value is -0.370. The Bertz CT molecular complexity index is 66.6. The van der Waals surface area contributed by atoms with E-state index in [9.17, 15) is 4.79 Å². The Morgan fingerprint density at radius 2 is 1.44 bits per heavy atom. The maximum atomic E-state index is 9.81. The first-order valence-electron chi connectivity index (χ1n) is 3.11. The van der Waals surface area contributed by atoms with E-state index in [0.29, 0.717) is 6.42 Å². The van der Waals surface area contributed by atoms with E-state index in [-0.39, 0.29) is 5.78 Å². The van der Waals surface area contributed by atoms with Gasteiger partial charge in [0.2, 0.25) is 0 Å². The number of nitrogens with zero attached hydrogens (tertiary/aromatic N) is 1. The average Bonchev–Trinajstić information content (AvgIpc) is 1.65. The van der Waals surface area contributed by atoms with Crippen molar-refractivity contribution in [2.45, 2.75) is 20.3 Å². The van der Waals surface area contributed by atoms with Crippen molar-refractivity contribution >= 4 is 5.78 Å². The normalized spacial score (nSPS) is 8.22. The summed E-state index contributed by atoms with van der Waals surface area (Å²) < 4.78 is 0. The summed E-state index contributed by atoms with van der Waals surface area (Å²) in [5, 5.41) is 0. The number of carbonyl (C=O) groups is 1. The van der Waals surface area contributed by atoms with Crippen molar-refractivity contribution in [2.24, 2.45) is 0 Å². The van der Waals surface area contributed by atoms with Gasteiger partial charge in [-0.3, -0.25) is 0 Å². The fraction of sp³-hybridized carbons (Fsp3) is 0.857. The highest BCUT2D eigenvalue weighted by Crippen LogP contribution is 1.71. The molecule has 0 bridgehead atoms. The lowest BCUT2D eigenvalue weighted by molar-refractivity contribution is -0.116. The smallest absolute Gasteiger partial charge is 0.129 e. The third kappa shape index (κ3) is 91.0. The van der Waals surface area contributed by atoms with Crippen LogP contribution in [0, 0.1) is 0 Å². The Kier molecular flexibility index (Phi) is 9.69. The maximum absolute atomic E-state index is 9.81. The van der Waals surface area contributed by atoms with Crippen LogP contribution < -0.4 is 0 Å². The van der Waals surface area contributed by atoms with Crippen LogP contribution >= 0.6 is 0 Å². The fourth-order valence-corrected chi connectivity index (χ4v) is 0. The number of ketones is 1. The van der Waals surface area contributed by atoms with Crippen molar-refractivity contribution in [3.63, 3.8) is 0 Å². The van der Waals surface area contributed by atoms with Crippen molar-refractivity contribution in [3.8, 4) is 0 Å². The van der Waals surface area contributed by atoms with Gasteiger partial charge in [-0.1, -0.05) is 6.92 Å². The maximum Gasteiger partial charge on any atom is 0.129 e. The van der Waals surface area contributed by atoms with Gasteiger partial charge in [0.1, 0.15) is 5.78 Å². The highest BCUT2D eigenvalue weighted by molar-refractivity contribution is 5.74. The first-order chi connectivity index (χ1) is 4.00. The zero-order chi connectivity index (χ0) is 7.86. The summed E-state index contributed by atoms with van der Waals surface area (Å²) in [7, 11) is 6.00. The van der Waals surface area contributed by atoms with Crippen molar-refractivity contribution in [1.82, 2.24) is 4.90 Å². The lowest BCUT2D eigenvalue weighted by Gasteiger charge is -1.90. The number of carbonyl (C=O) groups excluding carboxylic acids is 1. The minimum absolute atomic E-state index is 0.255. The second-order valence-corrected chi connectivity index (χ2v) is 2.40. The molecule has 56 valence electrons. The van der Waals surface area contributed by atoms with Crippen LogP contribution in [0.5, 0.6) is 0 Å². The molecule has 0 heterocycles. The largest absolute Gasteiger partial charge is 0.312 e. The van der Waals surface area contributed by atoms with E-state index >= 15 is 0 Å². The van der Waals surface area contributed by atoms with Crippen molar-refractivity contribution < 1.29 is 4.79 Å². The molecule has 0 aromatic rings. The van der Waals surface area contributed by atoms with Gasteiger partial charge in [0, 0.05) is 6.42 Å². The minimum Gasteiger partial charge on any atom is -0.312 e. The van der Waals surface area contributed by atoms with E-state index < -0.39 is 0 Å². The zero-order valence-corrected chi connectivity index (χ0v) is 7.06. The van der Waals surface area contributed by atoms with E-state index in [1.165, 1.54) is 0 Å². The predicted octanol–water partition coefficient (Wildman–Crippen LogP) is 1.16. The summed E-state index contributed by atoms with van der Waals surface area (Å²) in [6.07, 6.45) is 0.667. The van der Waals surface area contributed by atoms with Crippen LogP contribution in [0.4, 0.5) is 0 Å². The molecule has 9 heavy (non-hydrogen) atoms. The molecule has 0 saturated carbocycles. The highest BCUT2D eigenvalue weighted by atomic mass is 16.1. The quantitative estimate of drug-likeness (QED) is 0.532. The van der Waals surface area contributed by atoms with Crippen LogP contribution in [0.2, 0.25) is 0 Å². The van der Waals surface area contributed by atoms with Gasteiger partial charge in [0.15, 0.2) is 0 Å². The second kappa shape index (κ2) is 7.63. The summed E-state index contributed by atoms with van der Waals surface area (Å²) in [6, 6.07) is 0. The molecule has 0 rings (SSSR count). The van der Waals surface area contributed by atoms with Gasteiger partial charge in [0.25, 0.3) is 0 Å². The molecule has 0 unspecified atom stereocenters. The number of hydrogen-bond donors (Lipinski definition) is 0. The third-order valence-electron chi connectivity index (χ3n) is 0.498. The van der Waals surface area contributed by atoms with Gasteiger partial charge in [-0.05, 0) is 28.1 Å². The average molecular weight is 131 g/mol. The summed E-state index contributed by atoms with van der Waals surface area (Å²) >= 11 is 0. The molecule has 0 amide bonds. The first kappa shape index (κ1) is 11.4. The van der Waals surface area contributed by atoms with Gasteiger partial charge in [-0.25, -0.2) is 0 Å². The molecular formula is C7H17NO.